The number of carbonyl (C=O) groups is 3. The van der Waals surface area contributed by atoms with Gasteiger partial charge in [0, 0.05) is 19.3 Å². The molecule has 0 saturated heterocycles. The van der Waals surface area contributed by atoms with Crippen molar-refractivity contribution in [3.8, 4) is 0 Å². The zero-order chi connectivity index (χ0) is 50.0. The Hall–Kier alpha value is -4.19. The van der Waals surface area contributed by atoms with Crippen LogP contribution >= 0.6 is 0 Å². The van der Waals surface area contributed by atoms with E-state index >= 15 is 0 Å². The summed E-state index contributed by atoms with van der Waals surface area (Å²) in [7, 11) is 0. The van der Waals surface area contributed by atoms with Gasteiger partial charge in [0.25, 0.3) is 0 Å². The van der Waals surface area contributed by atoms with E-state index in [1.165, 1.54) is 51.4 Å². The van der Waals surface area contributed by atoms with Crippen molar-refractivity contribution in [3.63, 3.8) is 0 Å². The summed E-state index contributed by atoms with van der Waals surface area (Å²) in [6, 6.07) is 0. The molecular weight excluding hydrogens is 853 g/mol. The molecule has 6 nitrogen and oxygen atoms in total. The Labute approximate surface area is 424 Å². The summed E-state index contributed by atoms with van der Waals surface area (Å²) in [6.07, 6.45) is 77.5. The number of allylic oxidation sites excluding steroid dienone is 20. The SMILES string of the molecule is CC/C=C\C/C=C\C/C=C\C/C=C\C/C=C\CCCCCC(=O)OC[C@@H](COC(=O)CCCCCCC/C=C\C/C=C\CCCCC)OC(=O)CCCCCC/C=C\C/C=C\C/C=C\CCCCC. The molecule has 0 aliphatic rings. The lowest BCUT2D eigenvalue weighted by Gasteiger charge is -2.18. The first kappa shape index (κ1) is 64.8. The third kappa shape index (κ3) is 54.6. The molecule has 0 aromatic heterocycles. The zero-order valence-corrected chi connectivity index (χ0v) is 44.5. The lowest BCUT2D eigenvalue weighted by Crippen LogP contribution is -2.30. The molecule has 69 heavy (non-hydrogen) atoms. The topological polar surface area (TPSA) is 78.9 Å². The maximum atomic E-state index is 12.8. The maximum Gasteiger partial charge on any atom is 0.306 e. The summed E-state index contributed by atoms with van der Waals surface area (Å²) in [4.78, 5) is 38.1. The summed E-state index contributed by atoms with van der Waals surface area (Å²) in [5.41, 5.74) is 0. The number of ether oxygens (including phenoxy) is 3. The minimum atomic E-state index is -0.814. The lowest BCUT2D eigenvalue weighted by atomic mass is 10.1. The van der Waals surface area contributed by atoms with Crippen molar-refractivity contribution in [1.29, 1.82) is 0 Å². The van der Waals surface area contributed by atoms with Crippen LogP contribution in [-0.2, 0) is 28.6 Å². The van der Waals surface area contributed by atoms with Gasteiger partial charge in [-0.1, -0.05) is 206 Å². The molecule has 0 aromatic carbocycles. The zero-order valence-electron chi connectivity index (χ0n) is 44.5. The minimum absolute atomic E-state index is 0.108. The molecule has 0 aliphatic carbocycles. The quantitative estimate of drug-likeness (QED) is 0.0262. The number of unbranched alkanes of at least 4 members (excludes halogenated alkanes) is 18. The second kappa shape index (κ2) is 56.4. The van der Waals surface area contributed by atoms with E-state index in [-0.39, 0.29) is 37.5 Å². The van der Waals surface area contributed by atoms with Crippen molar-refractivity contribution in [2.24, 2.45) is 0 Å². The Morgan fingerprint density at radius 3 is 0.899 bits per heavy atom. The number of esters is 3. The predicted molar refractivity (Wildman–Crippen MR) is 297 cm³/mol. The monoisotopic (exact) mass is 955 g/mol. The molecule has 0 unspecified atom stereocenters. The highest BCUT2D eigenvalue weighted by Gasteiger charge is 2.19. The third-order valence-corrected chi connectivity index (χ3v) is 11.4. The molecule has 6 heteroatoms. The van der Waals surface area contributed by atoms with Gasteiger partial charge in [-0.05, 0) is 135 Å². The molecule has 0 aliphatic heterocycles. The molecule has 390 valence electrons. The summed E-state index contributed by atoms with van der Waals surface area (Å²) < 4.78 is 16.8. The van der Waals surface area contributed by atoms with Gasteiger partial charge in [-0.3, -0.25) is 14.4 Å². The molecule has 0 heterocycles. The number of rotatable bonds is 49. The van der Waals surface area contributed by atoms with Crippen LogP contribution in [0.4, 0.5) is 0 Å². The van der Waals surface area contributed by atoms with Crippen molar-refractivity contribution in [3.05, 3.63) is 122 Å². The molecule has 0 amide bonds. The molecule has 0 N–H and O–H groups in total. The van der Waals surface area contributed by atoms with Gasteiger partial charge < -0.3 is 14.2 Å². The Kier molecular flexibility index (Phi) is 53.0. The van der Waals surface area contributed by atoms with Gasteiger partial charge in [0.2, 0.25) is 0 Å². The Bertz CT molecular complexity index is 1470. The first-order valence-corrected chi connectivity index (χ1v) is 28.0. The molecule has 0 saturated carbocycles. The van der Waals surface area contributed by atoms with Gasteiger partial charge >= 0.3 is 17.9 Å². The normalized spacial score (nSPS) is 13.0. The van der Waals surface area contributed by atoms with Crippen molar-refractivity contribution in [1.82, 2.24) is 0 Å². The van der Waals surface area contributed by atoms with Crippen molar-refractivity contribution in [2.75, 3.05) is 13.2 Å². The van der Waals surface area contributed by atoms with E-state index in [9.17, 15) is 14.4 Å². The van der Waals surface area contributed by atoms with Crippen LogP contribution in [0, 0.1) is 0 Å². The van der Waals surface area contributed by atoms with E-state index in [0.29, 0.717) is 12.8 Å². The molecule has 0 spiro atoms. The van der Waals surface area contributed by atoms with Gasteiger partial charge in [0.1, 0.15) is 13.2 Å². The highest BCUT2D eigenvalue weighted by molar-refractivity contribution is 5.71. The largest absolute Gasteiger partial charge is 0.462 e. The van der Waals surface area contributed by atoms with Gasteiger partial charge in [-0.15, -0.1) is 0 Å². The fraction of sp³-hybridized carbons (Fsp3) is 0.635. The fourth-order valence-corrected chi connectivity index (χ4v) is 7.21. The summed E-state index contributed by atoms with van der Waals surface area (Å²) in [6.45, 7) is 6.40. The first-order chi connectivity index (χ1) is 34.0. The summed E-state index contributed by atoms with van der Waals surface area (Å²) in [5, 5.41) is 0. The van der Waals surface area contributed by atoms with Crippen LogP contribution in [0.25, 0.3) is 0 Å². The van der Waals surface area contributed by atoms with Crippen molar-refractivity contribution in [2.45, 2.75) is 245 Å². The van der Waals surface area contributed by atoms with Crippen LogP contribution in [0.5, 0.6) is 0 Å². The van der Waals surface area contributed by atoms with E-state index in [2.05, 4.69) is 142 Å². The molecular formula is C63H102O6. The predicted octanol–water partition coefficient (Wildman–Crippen LogP) is 18.9. The third-order valence-electron chi connectivity index (χ3n) is 11.4. The number of hydrogen-bond acceptors (Lipinski definition) is 6. The average molecular weight is 956 g/mol. The fourth-order valence-electron chi connectivity index (χ4n) is 7.21. The standard InChI is InChI=1S/C63H102O6/c1-4-7-10-13-16-19-22-25-28-30-31-33-35-38-41-44-47-50-53-56-62(65)68-59-60(58-67-61(64)55-52-49-46-43-40-37-34-27-24-21-18-15-12-9-6-3)69-63(66)57-54-51-48-45-42-39-36-32-29-26-23-20-17-14-11-8-5-2/h7,10,16-21,25-29,31,33-34,36,38-39,41,60H,4-6,8-9,11-15,22-24,30,32,35,37,40,42-59H2,1-3H3/b10-7-,19-16-,20-17-,21-18-,28-25-,29-26-,33-31-,34-27-,39-36-,41-38-/t60-/m1/s1. The van der Waals surface area contributed by atoms with E-state index in [0.717, 1.165) is 148 Å². The highest BCUT2D eigenvalue weighted by Crippen LogP contribution is 2.13. The summed E-state index contributed by atoms with van der Waals surface area (Å²) >= 11 is 0. The minimum Gasteiger partial charge on any atom is -0.462 e. The van der Waals surface area contributed by atoms with E-state index < -0.39 is 6.10 Å². The lowest BCUT2D eigenvalue weighted by molar-refractivity contribution is -0.167. The Morgan fingerprint density at radius 1 is 0.304 bits per heavy atom. The van der Waals surface area contributed by atoms with Gasteiger partial charge in [0.05, 0.1) is 0 Å². The first-order valence-electron chi connectivity index (χ1n) is 28.0. The van der Waals surface area contributed by atoms with E-state index in [4.69, 9.17) is 14.2 Å². The van der Waals surface area contributed by atoms with Crippen molar-refractivity contribution >= 4 is 17.9 Å². The van der Waals surface area contributed by atoms with Crippen LogP contribution < -0.4 is 0 Å². The molecule has 0 aromatic rings. The highest BCUT2D eigenvalue weighted by atomic mass is 16.6. The average Bonchev–Trinajstić information content (AvgIpc) is 3.35. The Morgan fingerprint density at radius 2 is 0.565 bits per heavy atom. The van der Waals surface area contributed by atoms with Gasteiger partial charge in [-0.25, -0.2) is 0 Å². The van der Waals surface area contributed by atoms with Crippen LogP contribution in [0.2, 0.25) is 0 Å². The van der Waals surface area contributed by atoms with E-state index in [1.807, 2.05) is 0 Å². The molecule has 1 atom stereocenters. The smallest absolute Gasteiger partial charge is 0.306 e. The van der Waals surface area contributed by atoms with Crippen LogP contribution in [0.3, 0.4) is 0 Å². The Balaban J connectivity index is 4.54. The molecule has 0 fully saturated rings. The van der Waals surface area contributed by atoms with Crippen LogP contribution in [-0.4, -0.2) is 37.2 Å². The van der Waals surface area contributed by atoms with Crippen molar-refractivity contribution < 1.29 is 28.6 Å². The van der Waals surface area contributed by atoms with Crippen LogP contribution in [0.15, 0.2) is 122 Å². The molecule has 0 bridgehead atoms. The van der Waals surface area contributed by atoms with Gasteiger partial charge in [0.15, 0.2) is 6.10 Å². The molecule has 0 rings (SSSR count). The van der Waals surface area contributed by atoms with Gasteiger partial charge in [-0.2, -0.15) is 0 Å². The van der Waals surface area contributed by atoms with Crippen LogP contribution in [0.1, 0.15) is 239 Å². The maximum absolute atomic E-state index is 12.8. The number of carbonyl (C=O) groups excluding carboxylic acids is 3. The molecule has 0 radical (unpaired) electrons. The number of hydrogen-bond donors (Lipinski definition) is 0. The summed E-state index contributed by atoms with van der Waals surface area (Å²) in [5.74, 6) is -0.980. The second-order valence-corrected chi connectivity index (χ2v) is 18.1. The second-order valence-electron chi connectivity index (χ2n) is 18.1. The van der Waals surface area contributed by atoms with E-state index in [1.54, 1.807) is 0 Å².